The second-order valence-electron chi connectivity index (χ2n) is 5.87. The molecule has 118 valence electrons. The Morgan fingerprint density at radius 3 is 2.76 bits per heavy atom. The lowest BCUT2D eigenvalue weighted by Gasteiger charge is -2.24. The number of piperidine rings is 1. The van der Waals surface area contributed by atoms with Crippen molar-refractivity contribution in [3.63, 3.8) is 0 Å². The van der Waals surface area contributed by atoms with E-state index in [1.54, 1.807) is 12.1 Å². The van der Waals surface area contributed by atoms with Crippen LogP contribution in [0.5, 0.6) is 0 Å². The van der Waals surface area contributed by atoms with Crippen molar-refractivity contribution >= 4 is 15.7 Å². The van der Waals surface area contributed by atoms with Crippen molar-refractivity contribution in [3.05, 3.63) is 24.3 Å². The normalized spacial score (nSPS) is 19.7. The number of benzene rings is 1. The smallest absolute Gasteiger partial charge is 0.242 e. The molecule has 0 saturated carbocycles. The first kappa shape index (κ1) is 16.3. The molecule has 0 bridgehead atoms. The zero-order valence-electron chi connectivity index (χ0n) is 12.7. The molecule has 1 aliphatic rings. The summed E-state index contributed by atoms with van der Waals surface area (Å²) >= 11 is 0. The van der Waals surface area contributed by atoms with Crippen LogP contribution in [-0.2, 0) is 10.0 Å². The fourth-order valence-electron chi connectivity index (χ4n) is 2.57. The number of para-hydroxylation sites is 1. The quantitative estimate of drug-likeness (QED) is 0.749. The van der Waals surface area contributed by atoms with Crippen molar-refractivity contribution in [3.8, 4) is 0 Å². The van der Waals surface area contributed by atoms with Crippen LogP contribution in [0.25, 0.3) is 0 Å². The number of anilines is 1. The molecule has 0 amide bonds. The van der Waals surface area contributed by atoms with E-state index >= 15 is 0 Å². The fourth-order valence-corrected chi connectivity index (χ4v) is 4.01. The van der Waals surface area contributed by atoms with Gasteiger partial charge in [0.25, 0.3) is 0 Å². The van der Waals surface area contributed by atoms with Gasteiger partial charge in [-0.2, -0.15) is 0 Å². The third-order valence-corrected chi connectivity index (χ3v) is 5.26. The van der Waals surface area contributed by atoms with Gasteiger partial charge in [-0.15, -0.1) is 0 Å². The maximum absolute atomic E-state index is 12.4. The summed E-state index contributed by atoms with van der Waals surface area (Å²) in [5.41, 5.74) is 0.677. The standard InChI is InChI=1S/C15H25N3O2S/c1-12(2)18-21(19,20)15-8-4-3-7-14(15)17-11-13-6-5-9-16-10-13/h3-4,7-8,12-13,16-18H,5-6,9-11H2,1-2H3. The minimum atomic E-state index is -3.47. The highest BCUT2D eigenvalue weighted by Gasteiger charge is 2.20. The number of hydrogen-bond donors (Lipinski definition) is 3. The molecule has 1 aromatic rings. The molecule has 6 heteroatoms. The molecule has 0 radical (unpaired) electrons. The first-order valence-corrected chi connectivity index (χ1v) is 9.03. The Hall–Kier alpha value is -1.11. The fraction of sp³-hybridized carbons (Fsp3) is 0.600. The number of nitrogens with one attached hydrogen (secondary N) is 3. The molecule has 1 saturated heterocycles. The minimum Gasteiger partial charge on any atom is -0.384 e. The van der Waals surface area contributed by atoms with Gasteiger partial charge in [0.05, 0.1) is 5.69 Å². The highest BCUT2D eigenvalue weighted by Crippen LogP contribution is 2.22. The van der Waals surface area contributed by atoms with Crippen molar-refractivity contribution in [1.82, 2.24) is 10.0 Å². The van der Waals surface area contributed by atoms with Crippen molar-refractivity contribution in [2.75, 3.05) is 25.0 Å². The average Bonchev–Trinajstić information content (AvgIpc) is 2.45. The van der Waals surface area contributed by atoms with Gasteiger partial charge in [0.15, 0.2) is 0 Å². The van der Waals surface area contributed by atoms with E-state index in [9.17, 15) is 8.42 Å². The SMILES string of the molecule is CC(C)NS(=O)(=O)c1ccccc1NCC1CCCNC1. The van der Waals surface area contributed by atoms with Gasteiger partial charge in [-0.05, 0) is 57.8 Å². The summed E-state index contributed by atoms with van der Waals surface area (Å²) in [5, 5.41) is 6.67. The van der Waals surface area contributed by atoms with Crippen LogP contribution in [0.4, 0.5) is 5.69 Å². The maximum atomic E-state index is 12.4. The van der Waals surface area contributed by atoms with E-state index in [1.807, 2.05) is 26.0 Å². The van der Waals surface area contributed by atoms with E-state index in [4.69, 9.17) is 0 Å². The third-order valence-electron chi connectivity index (χ3n) is 3.55. The van der Waals surface area contributed by atoms with Crippen LogP contribution in [0.15, 0.2) is 29.2 Å². The second-order valence-corrected chi connectivity index (χ2v) is 7.55. The largest absolute Gasteiger partial charge is 0.384 e. The first-order valence-electron chi connectivity index (χ1n) is 7.55. The Bertz CT molecular complexity index is 552. The molecule has 0 aliphatic carbocycles. The minimum absolute atomic E-state index is 0.120. The molecule has 1 aromatic carbocycles. The van der Waals surface area contributed by atoms with Gasteiger partial charge in [-0.3, -0.25) is 0 Å². The Morgan fingerprint density at radius 2 is 2.10 bits per heavy atom. The summed E-state index contributed by atoms with van der Waals surface area (Å²) in [6.07, 6.45) is 2.36. The van der Waals surface area contributed by atoms with Gasteiger partial charge in [-0.25, -0.2) is 13.1 Å². The lowest BCUT2D eigenvalue weighted by atomic mass is 10.00. The van der Waals surface area contributed by atoms with Crippen LogP contribution in [0.1, 0.15) is 26.7 Å². The molecular weight excluding hydrogens is 286 g/mol. The molecule has 1 fully saturated rings. The van der Waals surface area contributed by atoms with E-state index in [0.717, 1.165) is 19.6 Å². The van der Waals surface area contributed by atoms with Crippen LogP contribution in [0.3, 0.4) is 0 Å². The summed E-state index contributed by atoms with van der Waals surface area (Å²) < 4.78 is 27.3. The Balaban J connectivity index is 2.09. The molecule has 2 rings (SSSR count). The summed E-state index contributed by atoms with van der Waals surface area (Å²) in [6, 6.07) is 6.96. The highest BCUT2D eigenvalue weighted by atomic mass is 32.2. The van der Waals surface area contributed by atoms with Crippen molar-refractivity contribution in [2.24, 2.45) is 5.92 Å². The van der Waals surface area contributed by atoms with Crippen LogP contribution >= 0.6 is 0 Å². The zero-order chi connectivity index (χ0) is 15.3. The van der Waals surface area contributed by atoms with Crippen LogP contribution < -0.4 is 15.4 Å². The van der Waals surface area contributed by atoms with Crippen molar-refractivity contribution < 1.29 is 8.42 Å². The van der Waals surface area contributed by atoms with E-state index in [-0.39, 0.29) is 6.04 Å². The number of sulfonamides is 1. The van der Waals surface area contributed by atoms with Gasteiger partial charge >= 0.3 is 0 Å². The van der Waals surface area contributed by atoms with E-state index in [0.29, 0.717) is 16.5 Å². The lowest BCUT2D eigenvalue weighted by Crippen LogP contribution is -2.34. The monoisotopic (exact) mass is 311 g/mol. The van der Waals surface area contributed by atoms with E-state index in [1.165, 1.54) is 12.8 Å². The van der Waals surface area contributed by atoms with Gasteiger partial charge in [0.1, 0.15) is 4.90 Å². The van der Waals surface area contributed by atoms with Crippen molar-refractivity contribution in [1.29, 1.82) is 0 Å². The molecule has 1 atom stereocenters. The van der Waals surface area contributed by atoms with Crippen molar-refractivity contribution in [2.45, 2.75) is 37.6 Å². The van der Waals surface area contributed by atoms with Gasteiger partial charge < -0.3 is 10.6 Å². The summed E-state index contributed by atoms with van der Waals surface area (Å²) in [4.78, 5) is 0.322. The van der Waals surface area contributed by atoms with E-state index < -0.39 is 10.0 Å². The summed E-state index contributed by atoms with van der Waals surface area (Å²) in [6.45, 7) is 6.51. The molecule has 1 heterocycles. The molecular formula is C15H25N3O2S. The predicted octanol–water partition coefficient (Wildman–Crippen LogP) is 1.78. The van der Waals surface area contributed by atoms with Crippen LogP contribution in [0, 0.1) is 5.92 Å². The van der Waals surface area contributed by atoms with Gasteiger partial charge in [-0.1, -0.05) is 12.1 Å². The lowest BCUT2D eigenvalue weighted by molar-refractivity contribution is 0.392. The van der Waals surface area contributed by atoms with E-state index in [2.05, 4.69) is 15.4 Å². The number of hydrogen-bond acceptors (Lipinski definition) is 4. The first-order chi connectivity index (χ1) is 9.99. The van der Waals surface area contributed by atoms with Crippen LogP contribution in [-0.4, -0.2) is 34.1 Å². The Kier molecular flexibility index (Phi) is 5.61. The molecule has 3 N–H and O–H groups in total. The molecule has 0 aromatic heterocycles. The number of rotatable bonds is 6. The summed E-state index contributed by atoms with van der Waals surface area (Å²) in [5.74, 6) is 0.549. The average molecular weight is 311 g/mol. The maximum Gasteiger partial charge on any atom is 0.242 e. The topological polar surface area (TPSA) is 70.2 Å². The highest BCUT2D eigenvalue weighted by molar-refractivity contribution is 7.89. The zero-order valence-corrected chi connectivity index (χ0v) is 13.5. The molecule has 0 spiro atoms. The Morgan fingerprint density at radius 1 is 1.33 bits per heavy atom. The van der Waals surface area contributed by atoms with Gasteiger partial charge in [0, 0.05) is 12.6 Å². The Labute approximate surface area is 127 Å². The van der Waals surface area contributed by atoms with Gasteiger partial charge in [0.2, 0.25) is 10.0 Å². The molecule has 1 aliphatic heterocycles. The predicted molar refractivity (Wildman–Crippen MR) is 86.0 cm³/mol. The molecule has 21 heavy (non-hydrogen) atoms. The summed E-state index contributed by atoms with van der Waals surface area (Å²) in [7, 11) is -3.47. The molecule has 5 nitrogen and oxygen atoms in total. The third kappa shape index (κ3) is 4.69. The second kappa shape index (κ2) is 7.24. The molecule has 1 unspecified atom stereocenters. The van der Waals surface area contributed by atoms with Crippen LogP contribution in [0.2, 0.25) is 0 Å².